The summed E-state index contributed by atoms with van der Waals surface area (Å²) >= 11 is 7.91. The van der Waals surface area contributed by atoms with E-state index in [1.54, 1.807) is 11.8 Å². The molecule has 0 spiro atoms. The fourth-order valence-corrected chi connectivity index (χ4v) is 4.72. The van der Waals surface area contributed by atoms with Crippen molar-refractivity contribution in [2.24, 2.45) is 0 Å². The van der Waals surface area contributed by atoms with E-state index in [1.807, 2.05) is 36.4 Å². The Morgan fingerprint density at radius 3 is 2.43 bits per heavy atom. The lowest BCUT2D eigenvalue weighted by Gasteiger charge is -2.20. The molecule has 0 amide bonds. The van der Waals surface area contributed by atoms with E-state index in [0.29, 0.717) is 5.88 Å². The standard InChI is InChI=1S/C25H27ClN2OS/c1-25(2,3)18-12-14-19(15-13-18)29-23-20-9-5-7-11-22(20)27-24(28-23)30-16-17-8-4-6-10-21(17)26/h4,6,8,10,12-15H,5,7,9,11,16H2,1-3H3. The lowest BCUT2D eigenvalue weighted by Crippen LogP contribution is -2.11. The second-order valence-corrected chi connectivity index (χ2v) is 10.0. The van der Waals surface area contributed by atoms with Crippen LogP contribution in [0.25, 0.3) is 0 Å². The molecule has 0 atom stereocenters. The van der Waals surface area contributed by atoms with Gasteiger partial charge in [-0.15, -0.1) is 0 Å². The summed E-state index contributed by atoms with van der Waals surface area (Å²) in [6.07, 6.45) is 4.27. The van der Waals surface area contributed by atoms with Crippen LogP contribution in [0.3, 0.4) is 0 Å². The topological polar surface area (TPSA) is 35.0 Å². The Kier molecular flexibility index (Phi) is 6.35. The Morgan fingerprint density at radius 2 is 1.70 bits per heavy atom. The first-order valence-electron chi connectivity index (χ1n) is 10.4. The smallest absolute Gasteiger partial charge is 0.226 e. The zero-order valence-corrected chi connectivity index (χ0v) is 19.3. The van der Waals surface area contributed by atoms with E-state index in [4.69, 9.17) is 26.3 Å². The number of hydrogen-bond donors (Lipinski definition) is 0. The lowest BCUT2D eigenvalue weighted by molar-refractivity contribution is 0.439. The van der Waals surface area contributed by atoms with E-state index in [1.165, 1.54) is 12.0 Å². The maximum absolute atomic E-state index is 6.31. The summed E-state index contributed by atoms with van der Waals surface area (Å²) in [5.74, 6) is 2.25. The van der Waals surface area contributed by atoms with Crippen LogP contribution < -0.4 is 4.74 Å². The predicted octanol–water partition coefficient (Wildman–Crippen LogP) is 7.39. The van der Waals surface area contributed by atoms with Crippen molar-refractivity contribution in [3.63, 3.8) is 0 Å². The molecule has 0 unspecified atom stereocenters. The van der Waals surface area contributed by atoms with Gasteiger partial charge in [-0.1, -0.05) is 74.5 Å². The van der Waals surface area contributed by atoms with Crippen molar-refractivity contribution in [3.8, 4) is 11.6 Å². The predicted molar refractivity (Wildman–Crippen MR) is 125 cm³/mol. The van der Waals surface area contributed by atoms with Crippen molar-refractivity contribution < 1.29 is 4.74 Å². The molecule has 156 valence electrons. The zero-order chi connectivity index (χ0) is 21.1. The highest BCUT2D eigenvalue weighted by Gasteiger charge is 2.20. The van der Waals surface area contributed by atoms with Crippen LogP contribution in [0.4, 0.5) is 0 Å². The van der Waals surface area contributed by atoms with Crippen LogP contribution in [0.15, 0.2) is 53.7 Å². The van der Waals surface area contributed by atoms with Crippen molar-refractivity contribution in [1.29, 1.82) is 0 Å². The van der Waals surface area contributed by atoms with E-state index >= 15 is 0 Å². The first-order chi connectivity index (χ1) is 14.4. The van der Waals surface area contributed by atoms with Gasteiger partial charge in [0.1, 0.15) is 5.75 Å². The van der Waals surface area contributed by atoms with Gasteiger partial charge in [0.05, 0.1) is 5.69 Å². The monoisotopic (exact) mass is 438 g/mol. The Morgan fingerprint density at radius 1 is 0.967 bits per heavy atom. The first-order valence-corrected chi connectivity index (χ1v) is 11.8. The Labute approximate surface area is 188 Å². The van der Waals surface area contributed by atoms with Crippen LogP contribution in [-0.4, -0.2) is 9.97 Å². The summed E-state index contributed by atoms with van der Waals surface area (Å²) in [6, 6.07) is 16.3. The summed E-state index contributed by atoms with van der Waals surface area (Å²) in [4.78, 5) is 9.62. The number of rotatable bonds is 5. The van der Waals surface area contributed by atoms with Gasteiger partial charge in [0.2, 0.25) is 5.88 Å². The molecule has 0 saturated carbocycles. The van der Waals surface area contributed by atoms with Gasteiger partial charge in [-0.25, -0.2) is 4.98 Å². The second-order valence-electron chi connectivity index (χ2n) is 8.70. The van der Waals surface area contributed by atoms with Crippen molar-refractivity contribution in [2.45, 2.75) is 62.8 Å². The molecule has 5 heteroatoms. The van der Waals surface area contributed by atoms with Crippen molar-refractivity contribution in [2.75, 3.05) is 0 Å². The number of benzene rings is 2. The van der Waals surface area contributed by atoms with Crippen LogP contribution in [0, 0.1) is 0 Å². The average molecular weight is 439 g/mol. The molecule has 0 N–H and O–H groups in total. The molecule has 0 aliphatic heterocycles. The van der Waals surface area contributed by atoms with Crippen molar-refractivity contribution in [1.82, 2.24) is 9.97 Å². The van der Waals surface area contributed by atoms with Gasteiger partial charge in [0.25, 0.3) is 0 Å². The van der Waals surface area contributed by atoms with Gasteiger partial charge >= 0.3 is 0 Å². The highest BCUT2D eigenvalue weighted by molar-refractivity contribution is 7.98. The maximum atomic E-state index is 6.31. The summed E-state index contributed by atoms with van der Waals surface area (Å²) in [5.41, 5.74) is 4.78. The lowest BCUT2D eigenvalue weighted by atomic mass is 9.87. The molecule has 1 aliphatic carbocycles. The highest BCUT2D eigenvalue weighted by atomic mass is 35.5. The molecule has 1 heterocycles. The van der Waals surface area contributed by atoms with E-state index in [2.05, 4.69) is 32.9 Å². The summed E-state index contributed by atoms with van der Waals surface area (Å²) in [5, 5.41) is 1.52. The van der Waals surface area contributed by atoms with Crippen molar-refractivity contribution >= 4 is 23.4 Å². The number of thioether (sulfide) groups is 1. The fraction of sp³-hybridized carbons (Fsp3) is 0.360. The number of hydrogen-bond acceptors (Lipinski definition) is 4. The minimum absolute atomic E-state index is 0.120. The van der Waals surface area contributed by atoms with Gasteiger partial charge in [-0.2, -0.15) is 4.98 Å². The molecule has 1 aliphatic rings. The average Bonchev–Trinajstić information content (AvgIpc) is 2.73. The van der Waals surface area contributed by atoms with E-state index in [9.17, 15) is 0 Å². The van der Waals surface area contributed by atoms with Gasteiger partial charge in [0.15, 0.2) is 5.16 Å². The molecule has 3 aromatic rings. The number of ether oxygens (including phenoxy) is 1. The van der Waals surface area contributed by atoms with E-state index < -0.39 is 0 Å². The number of aromatic nitrogens is 2. The summed E-state index contributed by atoms with van der Waals surface area (Å²) < 4.78 is 6.27. The van der Waals surface area contributed by atoms with Gasteiger partial charge in [0, 0.05) is 16.3 Å². The molecular formula is C25H27ClN2OS. The molecule has 4 rings (SSSR count). The number of halogens is 1. The maximum Gasteiger partial charge on any atom is 0.226 e. The minimum atomic E-state index is 0.120. The Bertz CT molecular complexity index is 1030. The third kappa shape index (κ3) is 4.98. The second kappa shape index (κ2) is 8.99. The van der Waals surface area contributed by atoms with E-state index in [-0.39, 0.29) is 5.41 Å². The number of nitrogens with zero attached hydrogens (tertiary/aromatic N) is 2. The molecule has 0 bridgehead atoms. The van der Waals surface area contributed by atoms with Crippen LogP contribution in [0.5, 0.6) is 11.6 Å². The summed E-state index contributed by atoms with van der Waals surface area (Å²) in [6.45, 7) is 6.64. The van der Waals surface area contributed by atoms with Crippen LogP contribution in [0.2, 0.25) is 5.02 Å². The fourth-order valence-electron chi connectivity index (χ4n) is 3.58. The molecule has 0 fully saturated rings. The van der Waals surface area contributed by atoms with Gasteiger partial charge < -0.3 is 4.74 Å². The Balaban J connectivity index is 1.58. The Hall–Kier alpha value is -2.04. The molecule has 30 heavy (non-hydrogen) atoms. The third-order valence-corrected chi connectivity index (χ3v) is 6.64. The van der Waals surface area contributed by atoms with E-state index in [0.717, 1.165) is 57.8 Å². The van der Waals surface area contributed by atoms with Crippen LogP contribution in [-0.2, 0) is 24.0 Å². The van der Waals surface area contributed by atoms with Gasteiger partial charge in [-0.05, 0) is 60.4 Å². The highest BCUT2D eigenvalue weighted by Crippen LogP contribution is 2.34. The molecule has 0 radical (unpaired) electrons. The largest absolute Gasteiger partial charge is 0.439 e. The van der Waals surface area contributed by atoms with Crippen LogP contribution >= 0.6 is 23.4 Å². The third-order valence-electron chi connectivity index (χ3n) is 5.37. The zero-order valence-electron chi connectivity index (χ0n) is 17.7. The SMILES string of the molecule is CC(C)(C)c1ccc(Oc2nc(SCc3ccccc3Cl)nc3c2CCCC3)cc1. The van der Waals surface area contributed by atoms with Crippen molar-refractivity contribution in [3.05, 3.63) is 75.9 Å². The summed E-state index contributed by atoms with van der Waals surface area (Å²) in [7, 11) is 0. The first kappa shape index (κ1) is 21.2. The number of fused-ring (bicyclic) bond motifs is 1. The molecule has 3 nitrogen and oxygen atoms in total. The molecule has 1 aromatic heterocycles. The molecule has 0 saturated heterocycles. The quantitative estimate of drug-likeness (QED) is 0.307. The minimum Gasteiger partial charge on any atom is -0.439 e. The number of aryl methyl sites for hydroxylation is 1. The molecular weight excluding hydrogens is 412 g/mol. The molecule has 2 aromatic carbocycles. The normalized spacial score (nSPS) is 13.7. The van der Waals surface area contributed by atoms with Gasteiger partial charge in [-0.3, -0.25) is 0 Å². The van der Waals surface area contributed by atoms with Crippen LogP contribution in [0.1, 0.15) is 56.0 Å².